The molecule has 10 nitrogen and oxygen atoms in total. The van der Waals surface area contributed by atoms with Crippen LogP contribution in [-0.4, -0.2) is 43.6 Å². The van der Waals surface area contributed by atoms with Crippen LogP contribution >= 0.6 is 11.6 Å². The van der Waals surface area contributed by atoms with Crippen LogP contribution in [0.4, 0.5) is 0 Å². The van der Waals surface area contributed by atoms with Crippen LogP contribution < -0.4 is 18.9 Å². The van der Waals surface area contributed by atoms with Gasteiger partial charge in [0.25, 0.3) is 0 Å². The van der Waals surface area contributed by atoms with Crippen LogP contribution in [-0.2, 0) is 6.61 Å². The number of aromatic nitrogens is 6. The van der Waals surface area contributed by atoms with Gasteiger partial charge in [-0.05, 0) is 43.3 Å². The molecule has 0 bridgehead atoms. The van der Waals surface area contributed by atoms with E-state index >= 15 is 0 Å². The van der Waals surface area contributed by atoms with Crippen molar-refractivity contribution in [2.24, 2.45) is 0 Å². The molecule has 0 saturated heterocycles. The average Bonchev–Trinajstić information content (AvgIpc) is 3.59. The van der Waals surface area contributed by atoms with Gasteiger partial charge in [-0.15, -0.1) is 5.10 Å². The quantitative estimate of drug-likeness (QED) is 0.221. The first kappa shape index (κ1) is 25.8. The first-order valence-electron chi connectivity index (χ1n) is 13.2. The van der Waals surface area contributed by atoms with Crippen molar-refractivity contribution in [2.75, 3.05) is 14.2 Å². The molecule has 1 atom stereocenters. The summed E-state index contributed by atoms with van der Waals surface area (Å²) < 4.78 is 27.2. The van der Waals surface area contributed by atoms with Crippen LogP contribution in [0.15, 0.2) is 79.1 Å². The highest BCUT2D eigenvalue weighted by atomic mass is 35.5. The van der Waals surface area contributed by atoms with Crippen molar-refractivity contribution < 1.29 is 18.9 Å². The highest BCUT2D eigenvalue weighted by Crippen LogP contribution is 2.51. The summed E-state index contributed by atoms with van der Waals surface area (Å²) >= 11 is 6.33. The third kappa shape index (κ3) is 4.27. The van der Waals surface area contributed by atoms with Gasteiger partial charge >= 0.3 is 0 Å². The SMILES string of the molecule is COc1ccccc1OCc1nc2c3c(ncn2n1)Oc1c(c(C)nn1-c1cccc(Cl)c1)C3c1ccccc1OC. The minimum atomic E-state index is -0.365. The molecule has 0 amide bonds. The summed E-state index contributed by atoms with van der Waals surface area (Å²) in [5.74, 6) is 3.02. The van der Waals surface area contributed by atoms with Crippen LogP contribution in [0.1, 0.15) is 34.1 Å². The highest BCUT2D eigenvalue weighted by Gasteiger charge is 2.39. The van der Waals surface area contributed by atoms with Crippen molar-refractivity contribution in [1.29, 1.82) is 0 Å². The Morgan fingerprint density at radius 3 is 2.43 bits per heavy atom. The number of ether oxygens (including phenoxy) is 4. The van der Waals surface area contributed by atoms with Gasteiger partial charge in [0.05, 0.1) is 42.6 Å². The second-order valence-electron chi connectivity index (χ2n) is 9.67. The Bertz CT molecular complexity index is 1950. The summed E-state index contributed by atoms with van der Waals surface area (Å²) in [4.78, 5) is 9.56. The van der Waals surface area contributed by atoms with Crippen LogP contribution in [0.5, 0.6) is 29.0 Å². The zero-order valence-electron chi connectivity index (χ0n) is 23.0. The predicted molar refractivity (Wildman–Crippen MR) is 155 cm³/mol. The summed E-state index contributed by atoms with van der Waals surface area (Å²) in [7, 11) is 3.26. The lowest BCUT2D eigenvalue weighted by Crippen LogP contribution is -2.16. The number of fused-ring (bicyclic) bond motifs is 4. The second-order valence-corrected chi connectivity index (χ2v) is 10.1. The second kappa shape index (κ2) is 10.4. The van der Waals surface area contributed by atoms with Crippen molar-refractivity contribution in [3.8, 4) is 34.7 Å². The summed E-state index contributed by atoms with van der Waals surface area (Å²) in [6.07, 6.45) is 1.59. The standard InChI is InChI=1S/C31H25ClN6O4/c1-18-26-27(21-11-4-5-12-22(21)39-2)28-29-34-25(16-41-24-14-7-6-13-23(24)40-3)36-37(29)17-33-30(28)42-31(26)38(35-18)20-10-8-9-19(32)15-20/h4-15,17,27H,16H2,1-3H3. The fraction of sp³-hybridized carbons (Fsp3) is 0.161. The van der Waals surface area contributed by atoms with Crippen molar-refractivity contribution in [3.05, 3.63) is 112 Å². The molecule has 6 aromatic rings. The number of rotatable bonds is 7. The molecular weight excluding hydrogens is 556 g/mol. The Kier molecular flexibility index (Phi) is 6.39. The molecule has 4 heterocycles. The largest absolute Gasteiger partial charge is 0.496 e. The van der Waals surface area contributed by atoms with E-state index in [1.165, 1.54) is 0 Å². The number of halogens is 1. The van der Waals surface area contributed by atoms with Gasteiger partial charge in [-0.1, -0.05) is 48.0 Å². The van der Waals surface area contributed by atoms with Gasteiger partial charge in [-0.25, -0.2) is 19.2 Å². The van der Waals surface area contributed by atoms with Crippen molar-refractivity contribution in [1.82, 2.24) is 29.4 Å². The topological polar surface area (TPSA) is 97.8 Å². The molecule has 0 N–H and O–H groups in total. The Morgan fingerprint density at radius 1 is 0.881 bits per heavy atom. The van der Waals surface area contributed by atoms with Gasteiger partial charge in [0, 0.05) is 10.6 Å². The first-order chi connectivity index (χ1) is 20.6. The monoisotopic (exact) mass is 580 g/mol. The summed E-state index contributed by atoms with van der Waals surface area (Å²) in [5, 5.41) is 10.1. The van der Waals surface area contributed by atoms with Crippen molar-refractivity contribution in [3.63, 3.8) is 0 Å². The maximum Gasteiger partial charge on any atom is 0.230 e. The summed E-state index contributed by atoms with van der Waals surface area (Å²) in [6, 6.07) is 22.8. The lowest BCUT2D eigenvalue weighted by molar-refractivity contribution is 0.276. The van der Waals surface area contributed by atoms with Crippen LogP contribution in [0.2, 0.25) is 5.02 Å². The highest BCUT2D eigenvalue weighted by molar-refractivity contribution is 6.30. The summed E-state index contributed by atoms with van der Waals surface area (Å²) in [5.41, 5.74) is 4.69. The zero-order valence-corrected chi connectivity index (χ0v) is 23.7. The van der Waals surface area contributed by atoms with Gasteiger partial charge in [0.15, 0.2) is 23.0 Å². The van der Waals surface area contributed by atoms with E-state index in [-0.39, 0.29) is 12.5 Å². The Balaban J connectivity index is 1.39. The van der Waals surface area contributed by atoms with Crippen molar-refractivity contribution >= 4 is 17.2 Å². The Hall–Kier alpha value is -5.09. The van der Waals surface area contributed by atoms with Crippen LogP contribution in [0.3, 0.4) is 0 Å². The van der Waals surface area contributed by atoms with Gasteiger partial charge < -0.3 is 18.9 Å². The number of aryl methyl sites for hydroxylation is 1. The number of benzene rings is 3. The lowest BCUT2D eigenvalue weighted by atomic mass is 9.84. The molecule has 1 aliphatic heterocycles. The van der Waals surface area contributed by atoms with E-state index < -0.39 is 0 Å². The average molecular weight is 581 g/mol. The summed E-state index contributed by atoms with van der Waals surface area (Å²) in [6.45, 7) is 2.09. The molecule has 0 saturated carbocycles. The van der Waals surface area contributed by atoms with E-state index in [0.717, 1.165) is 33.8 Å². The molecule has 3 aromatic heterocycles. The molecule has 7 rings (SSSR count). The van der Waals surface area contributed by atoms with E-state index in [1.807, 2.05) is 79.7 Å². The maximum atomic E-state index is 6.50. The van der Waals surface area contributed by atoms with E-state index in [2.05, 4.69) is 10.1 Å². The lowest BCUT2D eigenvalue weighted by Gasteiger charge is -2.27. The van der Waals surface area contributed by atoms with E-state index in [9.17, 15) is 0 Å². The smallest absolute Gasteiger partial charge is 0.230 e. The molecule has 0 radical (unpaired) electrons. The van der Waals surface area contributed by atoms with Gasteiger partial charge in [0.1, 0.15) is 18.7 Å². The Labute approximate surface area is 246 Å². The molecular formula is C31H25ClN6O4. The third-order valence-corrected chi connectivity index (χ3v) is 7.43. The fourth-order valence-electron chi connectivity index (χ4n) is 5.36. The number of para-hydroxylation sites is 3. The van der Waals surface area contributed by atoms with E-state index in [4.69, 9.17) is 40.6 Å². The van der Waals surface area contributed by atoms with Crippen LogP contribution in [0.25, 0.3) is 11.3 Å². The molecule has 0 aliphatic carbocycles. The number of methoxy groups -OCH3 is 2. The number of hydrogen-bond acceptors (Lipinski definition) is 8. The normalized spacial score (nSPS) is 13.8. The fourth-order valence-corrected chi connectivity index (χ4v) is 5.55. The maximum absolute atomic E-state index is 6.50. The molecule has 3 aromatic carbocycles. The van der Waals surface area contributed by atoms with Crippen LogP contribution in [0, 0.1) is 6.92 Å². The van der Waals surface area contributed by atoms with E-state index in [0.29, 0.717) is 39.8 Å². The van der Waals surface area contributed by atoms with Gasteiger partial charge in [-0.2, -0.15) is 5.10 Å². The minimum absolute atomic E-state index is 0.133. The third-order valence-electron chi connectivity index (χ3n) is 7.19. The van der Waals surface area contributed by atoms with E-state index in [1.54, 1.807) is 29.7 Å². The molecule has 0 fully saturated rings. The predicted octanol–water partition coefficient (Wildman–Crippen LogP) is 6.15. The van der Waals surface area contributed by atoms with Crippen molar-refractivity contribution in [2.45, 2.75) is 19.4 Å². The number of hydrogen-bond donors (Lipinski definition) is 0. The molecule has 42 heavy (non-hydrogen) atoms. The Morgan fingerprint density at radius 2 is 1.64 bits per heavy atom. The van der Waals surface area contributed by atoms with Gasteiger partial charge in [0.2, 0.25) is 11.8 Å². The number of nitrogens with zero attached hydrogens (tertiary/aromatic N) is 6. The molecule has 1 unspecified atom stereocenters. The zero-order chi connectivity index (χ0) is 28.8. The molecule has 1 aliphatic rings. The first-order valence-corrected chi connectivity index (χ1v) is 13.6. The van der Waals surface area contributed by atoms with Gasteiger partial charge in [-0.3, -0.25) is 0 Å². The molecule has 0 spiro atoms. The molecule has 11 heteroatoms. The minimum Gasteiger partial charge on any atom is -0.496 e. The molecule has 210 valence electrons.